The fourth-order valence-electron chi connectivity index (χ4n) is 8.34. The van der Waals surface area contributed by atoms with Gasteiger partial charge in [-0.25, -0.2) is 0 Å². The number of aliphatic hydroxyl groups excluding tert-OH is 2. The maximum absolute atomic E-state index is 12.4. The summed E-state index contributed by atoms with van der Waals surface area (Å²) in [6, 6.07) is -0.584. The van der Waals surface area contributed by atoms with Crippen LogP contribution in [-0.4, -0.2) is 47.4 Å². The van der Waals surface area contributed by atoms with E-state index in [0.29, 0.717) is 32.3 Å². The number of esters is 1. The molecule has 0 rings (SSSR count). The summed E-state index contributed by atoms with van der Waals surface area (Å²) >= 11 is 0. The lowest BCUT2D eigenvalue weighted by atomic mass is 10.0. The second-order valence-corrected chi connectivity index (χ2v) is 18.6. The molecular formula is C55H105NO5. The Morgan fingerprint density at radius 2 is 0.836 bits per heavy atom. The summed E-state index contributed by atoms with van der Waals surface area (Å²) in [5, 5.41) is 23.1. The van der Waals surface area contributed by atoms with Gasteiger partial charge in [0, 0.05) is 12.8 Å². The number of ether oxygens (including phenoxy) is 1. The fraction of sp³-hybridized carbons (Fsp3) is 0.891. The molecule has 0 aliphatic carbocycles. The van der Waals surface area contributed by atoms with Gasteiger partial charge in [-0.3, -0.25) is 9.59 Å². The van der Waals surface area contributed by atoms with E-state index in [0.717, 1.165) is 51.4 Å². The van der Waals surface area contributed by atoms with Crippen molar-refractivity contribution in [1.82, 2.24) is 5.32 Å². The molecule has 0 saturated heterocycles. The second kappa shape index (κ2) is 51.0. The summed E-state index contributed by atoms with van der Waals surface area (Å²) in [4.78, 5) is 24.5. The van der Waals surface area contributed by atoms with E-state index in [1.54, 1.807) is 0 Å². The van der Waals surface area contributed by atoms with Gasteiger partial charge >= 0.3 is 5.97 Å². The normalized spacial score (nSPS) is 12.8. The van der Waals surface area contributed by atoms with Gasteiger partial charge < -0.3 is 20.3 Å². The first kappa shape index (κ1) is 59.3. The first-order valence-corrected chi connectivity index (χ1v) is 27.1. The van der Waals surface area contributed by atoms with Crippen molar-refractivity contribution in [3.8, 4) is 0 Å². The maximum Gasteiger partial charge on any atom is 0.305 e. The fourth-order valence-corrected chi connectivity index (χ4v) is 8.34. The summed E-state index contributed by atoms with van der Waals surface area (Å²) in [6.07, 6.45) is 60.3. The number of allylic oxidation sites excluding steroid dienone is 4. The van der Waals surface area contributed by atoms with Crippen LogP contribution < -0.4 is 5.32 Å². The molecule has 2 unspecified atom stereocenters. The van der Waals surface area contributed by atoms with Crippen LogP contribution in [0.4, 0.5) is 0 Å². The monoisotopic (exact) mass is 860 g/mol. The molecule has 0 bridgehead atoms. The molecule has 6 nitrogen and oxygen atoms in total. The summed E-state index contributed by atoms with van der Waals surface area (Å²) in [6.45, 7) is 4.90. The summed E-state index contributed by atoms with van der Waals surface area (Å²) in [5.74, 6) is -0.128. The van der Waals surface area contributed by atoms with Crippen LogP contribution in [0.5, 0.6) is 0 Å². The molecule has 360 valence electrons. The van der Waals surface area contributed by atoms with Crippen molar-refractivity contribution in [3.63, 3.8) is 0 Å². The highest BCUT2D eigenvalue weighted by molar-refractivity contribution is 5.76. The summed E-state index contributed by atoms with van der Waals surface area (Å²) in [5.41, 5.74) is 0. The van der Waals surface area contributed by atoms with Crippen LogP contribution in [0.3, 0.4) is 0 Å². The minimum absolute atomic E-state index is 0.0130. The van der Waals surface area contributed by atoms with E-state index in [4.69, 9.17) is 4.74 Å². The first-order valence-electron chi connectivity index (χ1n) is 27.1. The van der Waals surface area contributed by atoms with Crippen LogP contribution in [0.25, 0.3) is 0 Å². The second-order valence-electron chi connectivity index (χ2n) is 18.6. The molecule has 3 N–H and O–H groups in total. The lowest BCUT2D eigenvalue weighted by Gasteiger charge is -2.22. The maximum atomic E-state index is 12.4. The number of hydrogen-bond acceptors (Lipinski definition) is 5. The van der Waals surface area contributed by atoms with Crippen LogP contribution in [0.1, 0.15) is 290 Å². The Labute approximate surface area is 380 Å². The molecule has 6 heteroatoms. The molecule has 61 heavy (non-hydrogen) atoms. The van der Waals surface area contributed by atoms with Gasteiger partial charge in [0.05, 0.1) is 25.4 Å². The molecular weight excluding hydrogens is 755 g/mol. The SMILES string of the molecule is CCCCCCCCCCCCCCCCCCCC(=O)OCCCCCCCC/C=C\C/C=C\CCC(=O)NC(CO)C(O)CCCCCCCCCCCCCCCC. The lowest BCUT2D eigenvalue weighted by Crippen LogP contribution is -2.45. The number of carbonyl (C=O) groups is 2. The molecule has 2 atom stereocenters. The molecule has 0 aromatic heterocycles. The van der Waals surface area contributed by atoms with Crippen LogP contribution in [0.15, 0.2) is 24.3 Å². The number of nitrogens with one attached hydrogen (secondary N) is 1. The third kappa shape index (κ3) is 47.7. The zero-order valence-corrected chi connectivity index (χ0v) is 40.9. The van der Waals surface area contributed by atoms with Crippen molar-refractivity contribution >= 4 is 11.9 Å². The number of hydrogen-bond donors (Lipinski definition) is 3. The van der Waals surface area contributed by atoms with Gasteiger partial charge in [0.1, 0.15) is 0 Å². The molecule has 0 aromatic rings. The van der Waals surface area contributed by atoms with Crippen molar-refractivity contribution in [3.05, 3.63) is 24.3 Å². The van der Waals surface area contributed by atoms with Gasteiger partial charge in [-0.15, -0.1) is 0 Å². The van der Waals surface area contributed by atoms with Gasteiger partial charge in [0.25, 0.3) is 0 Å². The van der Waals surface area contributed by atoms with Crippen LogP contribution in [0.2, 0.25) is 0 Å². The average molecular weight is 860 g/mol. The molecule has 0 aliphatic heterocycles. The van der Waals surface area contributed by atoms with Gasteiger partial charge in [-0.1, -0.05) is 256 Å². The Balaban J connectivity index is 3.51. The number of rotatable bonds is 50. The standard InChI is InChI=1S/C55H105NO5/c1-3-5-7-9-11-13-15-17-19-20-21-25-29-33-37-41-45-49-55(60)61-50-46-42-38-34-30-26-22-24-28-32-36-40-44-48-54(59)56-52(51-57)53(58)47-43-39-35-31-27-23-18-16-14-12-10-8-6-4-2/h24,28,36,40,52-53,57-58H,3-23,25-27,29-35,37-39,41-51H2,1-2H3,(H,56,59)/b28-24-,40-36-. The highest BCUT2D eigenvalue weighted by Gasteiger charge is 2.19. The molecule has 0 spiro atoms. The number of amides is 1. The third-order valence-corrected chi connectivity index (χ3v) is 12.5. The van der Waals surface area contributed by atoms with E-state index in [-0.39, 0.29) is 18.5 Å². The van der Waals surface area contributed by atoms with Gasteiger partial charge in [0.15, 0.2) is 0 Å². The highest BCUT2D eigenvalue weighted by atomic mass is 16.5. The minimum Gasteiger partial charge on any atom is -0.466 e. The van der Waals surface area contributed by atoms with Gasteiger partial charge in [-0.05, 0) is 44.9 Å². The predicted molar refractivity (Wildman–Crippen MR) is 264 cm³/mol. The van der Waals surface area contributed by atoms with E-state index in [2.05, 4.69) is 37.4 Å². The Morgan fingerprint density at radius 3 is 1.28 bits per heavy atom. The van der Waals surface area contributed by atoms with Crippen LogP contribution >= 0.6 is 0 Å². The zero-order valence-electron chi connectivity index (χ0n) is 40.9. The van der Waals surface area contributed by atoms with Crippen LogP contribution in [-0.2, 0) is 14.3 Å². The smallest absolute Gasteiger partial charge is 0.305 e. The van der Waals surface area contributed by atoms with Crippen LogP contribution in [0, 0.1) is 0 Å². The molecule has 1 amide bonds. The van der Waals surface area contributed by atoms with Crippen molar-refractivity contribution in [2.75, 3.05) is 13.2 Å². The molecule has 0 aromatic carbocycles. The average Bonchev–Trinajstić information content (AvgIpc) is 3.26. The quantitative estimate of drug-likeness (QED) is 0.0322. The van der Waals surface area contributed by atoms with E-state index < -0.39 is 12.1 Å². The zero-order chi connectivity index (χ0) is 44.4. The Kier molecular flexibility index (Phi) is 49.6. The Hall–Kier alpha value is -1.66. The summed E-state index contributed by atoms with van der Waals surface area (Å²) < 4.78 is 5.47. The molecule has 0 aliphatic rings. The topological polar surface area (TPSA) is 95.9 Å². The lowest BCUT2D eigenvalue weighted by molar-refractivity contribution is -0.143. The largest absolute Gasteiger partial charge is 0.466 e. The number of aliphatic hydroxyl groups is 2. The third-order valence-electron chi connectivity index (χ3n) is 12.5. The van der Waals surface area contributed by atoms with Gasteiger partial charge in [-0.2, -0.15) is 0 Å². The van der Waals surface area contributed by atoms with Crippen molar-refractivity contribution in [1.29, 1.82) is 0 Å². The molecule has 0 saturated carbocycles. The summed E-state index contributed by atoms with van der Waals surface area (Å²) in [7, 11) is 0. The molecule has 0 fully saturated rings. The van der Waals surface area contributed by atoms with Crippen molar-refractivity contribution < 1.29 is 24.5 Å². The van der Waals surface area contributed by atoms with E-state index in [1.807, 2.05) is 6.08 Å². The molecule has 0 radical (unpaired) electrons. The van der Waals surface area contributed by atoms with Crippen molar-refractivity contribution in [2.24, 2.45) is 0 Å². The number of unbranched alkanes of at least 4 members (excludes halogenated alkanes) is 35. The first-order chi connectivity index (χ1) is 30.0. The van der Waals surface area contributed by atoms with E-state index in [1.165, 1.54) is 199 Å². The number of carbonyl (C=O) groups excluding carboxylic acids is 2. The Bertz CT molecular complexity index is 951. The predicted octanol–water partition coefficient (Wildman–Crippen LogP) is 16.3. The van der Waals surface area contributed by atoms with Gasteiger partial charge in [0.2, 0.25) is 5.91 Å². The van der Waals surface area contributed by atoms with Crippen molar-refractivity contribution in [2.45, 2.75) is 302 Å². The molecule has 0 heterocycles. The van der Waals surface area contributed by atoms with E-state index >= 15 is 0 Å². The minimum atomic E-state index is -0.698. The van der Waals surface area contributed by atoms with E-state index in [9.17, 15) is 19.8 Å². The Morgan fingerprint density at radius 1 is 0.459 bits per heavy atom. The highest BCUT2D eigenvalue weighted by Crippen LogP contribution is 2.17.